The van der Waals surface area contributed by atoms with Crippen LogP contribution in [0.4, 0.5) is 0 Å². The first-order valence-corrected chi connectivity index (χ1v) is 10.1. The molecule has 1 aromatic heterocycles. The number of carbonyl (C=O) groups is 1. The van der Waals surface area contributed by atoms with Gasteiger partial charge in [0, 0.05) is 18.7 Å². The number of rotatable bonds is 8. The third-order valence-electron chi connectivity index (χ3n) is 5.62. The first kappa shape index (κ1) is 19.3. The first-order chi connectivity index (χ1) is 12.7. The molecule has 146 valence electrons. The van der Waals surface area contributed by atoms with E-state index in [1.807, 2.05) is 10.9 Å². The lowest BCUT2D eigenvalue weighted by Crippen LogP contribution is -2.52. The highest BCUT2D eigenvalue weighted by Crippen LogP contribution is 2.27. The summed E-state index contributed by atoms with van der Waals surface area (Å²) in [6.45, 7) is 2.83. The molecule has 2 fully saturated rings. The van der Waals surface area contributed by atoms with Crippen molar-refractivity contribution in [3.05, 3.63) is 11.9 Å². The zero-order valence-corrected chi connectivity index (χ0v) is 15.8. The number of nitrogens with one attached hydrogen (secondary N) is 1. The fourth-order valence-electron chi connectivity index (χ4n) is 4.09. The molecule has 2 heterocycles. The maximum atomic E-state index is 12.4. The average molecular weight is 364 g/mol. The SMILES string of the molecule is CCCc1cn(CC[C@@H]2CC[C@H](NC(=O)C3CCCC3)[C@@H](CO)O2)nn1. The van der Waals surface area contributed by atoms with Crippen molar-refractivity contribution in [1.29, 1.82) is 0 Å². The number of aliphatic hydroxyl groups is 1. The van der Waals surface area contributed by atoms with E-state index in [0.717, 1.165) is 70.0 Å². The Labute approximate surface area is 155 Å². The van der Waals surface area contributed by atoms with Crippen LogP contribution in [0.3, 0.4) is 0 Å². The highest BCUT2D eigenvalue weighted by atomic mass is 16.5. The first-order valence-electron chi connectivity index (χ1n) is 10.1. The summed E-state index contributed by atoms with van der Waals surface area (Å²) < 4.78 is 7.93. The van der Waals surface area contributed by atoms with Crippen molar-refractivity contribution in [3.63, 3.8) is 0 Å². The summed E-state index contributed by atoms with van der Waals surface area (Å²) in [5, 5.41) is 21.2. The Kier molecular flexibility index (Phi) is 7.02. The number of aryl methyl sites for hydroxylation is 2. The molecule has 1 saturated carbocycles. The van der Waals surface area contributed by atoms with Gasteiger partial charge in [0.2, 0.25) is 5.91 Å². The largest absolute Gasteiger partial charge is 0.394 e. The van der Waals surface area contributed by atoms with Crippen LogP contribution < -0.4 is 5.32 Å². The molecule has 1 saturated heterocycles. The second-order valence-electron chi connectivity index (χ2n) is 7.66. The highest BCUT2D eigenvalue weighted by Gasteiger charge is 2.33. The van der Waals surface area contributed by atoms with Gasteiger partial charge in [-0.1, -0.05) is 31.4 Å². The second-order valence-corrected chi connectivity index (χ2v) is 7.66. The van der Waals surface area contributed by atoms with E-state index in [2.05, 4.69) is 22.6 Å². The third kappa shape index (κ3) is 5.04. The van der Waals surface area contributed by atoms with Gasteiger partial charge in [-0.25, -0.2) is 0 Å². The van der Waals surface area contributed by atoms with E-state index in [-0.39, 0.29) is 36.7 Å². The van der Waals surface area contributed by atoms with Crippen molar-refractivity contribution >= 4 is 5.91 Å². The molecule has 3 rings (SSSR count). The second kappa shape index (κ2) is 9.46. The lowest BCUT2D eigenvalue weighted by Gasteiger charge is -2.36. The Bertz CT molecular complexity index is 571. The molecule has 7 nitrogen and oxygen atoms in total. The van der Waals surface area contributed by atoms with Crippen LogP contribution in [0.5, 0.6) is 0 Å². The summed E-state index contributed by atoms with van der Waals surface area (Å²) in [6.07, 6.45) is 10.7. The molecular weight excluding hydrogens is 332 g/mol. The van der Waals surface area contributed by atoms with Crippen LogP contribution in [0.15, 0.2) is 6.20 Å². The third-order valence-corrected chi connectivity index (χ3v) is 5.62. The minimum Gasteiger partial charge on any atom is -0.394 e. The molecule has 0 aromatic carbocycles. The number of carbonyl (C=O) groups excluding carboxylic acids is 1. The molecule has 1 amide bonds. The predicted octanol–water partition coefficient (Wildman–Crippen LogP) is 1.84. The van der Waals surface area contributed by atoms with Gasteiger partial charge >= 0.3 is 0 Å². The smallest absolute Gasteiger partial charge is 0.223 e. The summed E-state index contributed by atoms with van der Waals surface area (Å²) >= 11 is 0. The normalized spacial score (nSPS) is 26.9. The van der Waals surface area contributed by atoms with Crippen LogP contribution in [-0.4, -0.2) is 50.9 Å². The minimum absolute atomic E-state index is 0.0594. The van der Waals surface area contributed by atoms with Crippen LogP contribution in [0.1, 0.15) is 64.0 Å². The van der Waals surface area contributed by atoms with Gasteiger partial charge in [0.15, 0.2) is 0 Å². The number of amides is 1. The molecule has 3 atom stereocenters. The molecule has 2 N–H and O–H groups in total. The molecule has 2 aliphatic rings. The molecule has 1 aliphatic carbocycles. The van der Waals surface area contributed by atoms with Gasteiger partial charge in [-0.2, -0.15) is 0 Å². The predicted molar refractivity (Wildman–Crippen MR) is 97.5 cm³/mol. The Hall–Kier alpha value is -1.47. The quantitative estimate of drug-likeness (QED) is 0.735. The summed E-state index contributed by atoms with van der Waals surface area (Å²) in [6, 6.07) is -0.0770. The summed E-state index contributed by atoms with van der Waals surface area (Å²) in [4.78, 5) is 12.4. The minimum atomic E-state index is -0.314. The van der Waals surface area contributed by atoms with Gasteiger partial charge in [-0.15, -0.1) is 5.10 Å². The van der Waals surface area contributed by atoms with E-state index in [9.17, 15) is 9.90 Å². The van der Waals surface area contributed by atoms with Crippen molar-refractivity contribution in [2.75, 3.05) is 6.61 Å². The molecule has 0 spiro atoms. The Morgan fingerprint density at radius 1 is 1.35 bits per heavy atom. The summed E-state index contributed by atoms with van der Waals surface area (Å²) in [7, 11) is 0. The van der Waals surface area contributed by atoms with Crippen molar-refractivity contribution in [2.45, 2.75) is 89.5 Å². The van der Waals surface area contributed by atoms with Gasteiger partial charge in [0.1, 0.15) is 6.10 Å². The van der Waals surface area contributed by atoms with Crippen LogP contribution in [0.2, 0.25) is 0 Å². The van der Waals surface area contributed by atoms with E-state index < -0.39 is 0 Å². The monoisotopic (exact) mass is 364 g/mol. The molecule has 0 bridgehead atoms. The fourth-order valence-corrected chi connectivity index (χ4v) is 4.09. The van der Waals surface area contributed by atoms with Gasteiger partial charge in [0.05, 0.1) is 24.4 Å². The van der Waals surface area contributed by atoms with Gasteiger partial charge in [0.25, 0.3) is 0 Å². The Balaban J connectivity index is 1.45. The fraction of sp³-hybridized carbons (Fsp3) is 0.842. The topological polar surface area (TPSA) is 89.3 Å². The van der Waals surface area contributed by atoms with E-state index in [1.165, 1.54) is 0 Å². The summed E-state index contributed by atoms with van der Waals surface area (Å²) in [5.41, 5.74) is 1.03. The molecule has 7 heteroatoms. The number of aromatic nitrogens is 3. The van der Waals surface area contributed by atoms with E-state index >= 15 is 0 Å². The van der Waals surface area contributed by atoms with Gasteiger partial charge < -0.3 is 15.2 Å². The van der Waals surface area contributed by atoms with E-state index in [1.54, 1.807) is 0 Å². The molecular formula is C19H32N4O3. The molecule has 1 aromatic rings. The van der Waals surface area contributed by atoms with E-state index in [0.29, 0.717) is 0 Å². The zero-order chi connectivity index (χ0) is 18.4. The van der Waals surface area contributed by atoms with E-state index in [4.69, 9.17) is 4.74 Å². The van der Waals surface area contributed by atoms with Crippen molar-refractivity contribution < 1.29 is 14.6 Å². The van der Waals surface area contributed by atoms with Gasteiger partial charge in [-0.3, -0.25) is 9.48 Å². The number of nitrogens with zero attached hydrogens (tertiary/aromatic N) is 3. The van der Waals surface area contributed by atoms with Crippen LogP contribution in [-0.2, 0) is 22.5 Å². The van der Waals surface area contributed by atoms with Gasteiger partial charge in [-0.05, 0) is 38.5 Å². The number of ether oxygens (including phenoxy) is 1. The average Bonchev–Trinajstić information content (AvgIpc) is 3.33. The zero-order valence-electron chi connectivity index (χ0n) is 15.8. The number of aliphatic hydroxyl groups excluding tert-OH is 1. The van der Waals surface area contributed by atoms with Crippen LogP contribution in [0, 0.1) is 5.92 Å². The maximum absolute atomic E-state index is 12.4. The molecule has 26 heavy (non-hydrogen) atoms. The maximum Gasteiger partial charge on any atom is 0.223 e. The lowest BCUT2D eigenvalue weighted by molar-refractivity contribution is -0.132. The Morgan fingerprint density at radius 3 is 2.88 bits per heavy atom. The number of hydrogen-bond acceptors (Lipinski definition) is 5. The standard InChI is InChI=1S/C19H32N4O3/c1-2-5-15-12-23(22-21-15)11-10-16-8-9-17(18(13-24)26-16)20-19(25)14-6-3-4-7-14/h12,14,16-18,24H,2-11,13H2,1H3,(H,20,25)/t16-,17-,18+/m0/s1. The van der Waals surface area contributed by atoms with Crippen LogP contribution in [0.25, 0.3) is 0 Å². The summed E-state index contributed by atoms with van der Waals surface area (Å²) in [5.74, 6) is 0.288. The van der Waals surface area contributed by atoms with Crippen molar-refractivity contribution in [2.24, 2.45) is 5.92 Å². The highest BCUT2D eigenvalue weighted by molar-refractivity contribution is 5.79. The molecule has 0 radical (unpaired) electrons. The molecule has 1 aliphatic heterocycles. The molecule has 0 unspecified atom stereocenters. The number of hydrogen-bond donors (Lipinski definition) is 2. The van der Waals surface area contributed by atoms with Crippen LogP contribution >= 0.6 is 0 Å². The lowest BCUT2D eigenvalue weighted by atomic mass is 9.96. The van der Waals surface area contributed by atoms with Crippen molar-refractivity contribution in [3.8, 4) is 0 Å². The Morgan fingerprint density at radius 2 is 2.15 bits per heavy atom. The van der Waals surface area contributed by atoms with Crippen molar-refractivity contribution in [1.82, 2.24) is 20.3 Å².